The van der Waals surface area contributed by atoms with E-state index in [-0.39, 0.29) is 0 Å². The standard InChI is InChI=1S/C49H36N2O/c1-3-12-34(13-4-2)35-20-25-39(26-21-35)50(41-29-31-49-45(33-41)44-17-9-11-19-48(44)52-49)40-27-22-36(23-28-40)37-24-30-43-42-16-8-10-18-46(42)51(47(43)32-37)38-14-6-5-7-15-38/h3-33H,1H2,2H3/b13-4-,34-12+. The highest BCUT2D eigenvalue weighted by Gasteiger charge is 2.17. The van der Waals surface area contributed by atoms with Crippen molar-refractivity contribution in [3.8, 4) is 16.8 Å². The predicted octanol–water partition coefficient (Wildman–Crippen LogP) is 14.0. The van der Waals surface area contributed by atoms with Crippen LogP contribution in [0.3, 0.4) is 0 Å². The van der Waals surface area contributed by atoms with Gasteiger partial charge in [0.25, 0.3) is 0 Å². The Hall–Kier alpha value is -6.84. The minimum absolute atomic E-state index is 0.879. The number of hydrogen-bond acceptors (Lipinski definition) is 2. The van der Waals surface area contributed by atoms with Gasteiger partial charge in [0.1, 0.15) is 11.2 Å². The van der Waals surface area contributed by atoms with E-state index in [9.17, 15) is 0 Å². The first-order valence-electron chi connectivity index (χ1n) is 17.7. The fraction of sp³-hybridized carbons (Fsp3) is 0.0204. The smallest absolute Gasteiger partial charge is 0.135 e. The van der Waals surface area contributed by atoms with Crippen LogP contribution in [0.5, 0.6) is 0 Å². The molecule has 248 valence electrons. The molecule has 9 rings (SSSR count). The first kappa shape index (κ1) is 31.2. The lowest BCUT2D eigenvalue weighted by molar-refractivity contribution is 0.669. The van der Waals surface area contributed by atoms with Crippen molar-refractivity contribution in [1.82, 2.24) is 4.57 Å². The molecule has 3 nitrogen and oxygen atoms in total. The molecule has 0 spiro atoms. The number of nitrogens with zero attached hydrogens (tertiary/aromatic N) is 2. The van der Waals surface area contributed by atoms with Crippen LogP contribution >= 0.6 is 0 Å². The Morgan fingerprint density at radius 3 is 1.96 bits per heavy atom. The number of para-hydroxylation sites is 3. The number of hydrogen-bond donors (Lipinski definition) is 0. The van der Waals surface area contributed by atoms with E-state index in [2.05, 4.69) is 180 Å². The highest BCUT2D eigenvalue weighted by molar-refractivity contribution is 6.10. The van der Waals surface area contributed by atoms with Gasteiger partial charge in [-0.2, -0.15) is 0 Å². The molecule has 0 fully saturated rings. The average molecular weight is 669 g/mol. The molecule has 3 heteroatoms. The Labute approximate surface area is 303 Å². The normalized spacial score (nSPS) is 12.1. The van der Waals surface area contributed by atoms with Gasteiger partial charge < -0.3 is 13.9 Å². The minimum atomic E-state index is 0.879. The summed E-state index contributed by atoms with van der Waals surface area (Å²) in [7, 11) is 0. The van der Waals surface area contributed by atoms with Gasteiger partial charge in [-0.1, -0.05) is 122 Å². The second kappa shape index (κ2) is 13.1. The van der Waals surface area contributed by atoms with E-state index < -0.39 is 0 Å². The van der Waals surface area contributed by atoms with Gasteiger partial charge in [0.15, 0.2) is 0 Å². The Morgan fingerprint density at radius 2 is 1.19 bits per heavy atom. The first-order chi connectivity index (χ1) is 25.7. The molecule has 0 saturated heterocycles. The second-order valence-corrected chi connectivity index (χ2v) is 13.0. The lowest BCUT2D eigenvalue weighted by atomic mass is 10.0. The van der Waals surface area contributed by atoms with E-state index in [1.54, 1.807) is 0 Å². The van der Waals surface area contributed by atoms with Gasteiger partial charge in [-0.05, 0) is 102 Å². The highest BCUT2D eigenvalue weighted by atomic mass is 16.3. The number of anilines is 3. The van der Waals surface area contributed by atoms with Crippen molar-refractivity contribution in [3.05, 3.63) is 200 Å². The third-order valence-corrected chi connectivity index (χ3v) is 9.87. The fourth-order valence-corrected chi connectivity index (χ4v) is 7.47. The zero-order valence-electron chi connectivity index (χ0n) is 28.9. The van der Waals surface area contributed by atoms with Gasteiger partial charge in [-0.3, -0.25) is 0 Å². The number of fused-ring (bicyclic) bond motifs is 6. The van der Waals surface area contributed by atoms with Crippen LogP contribution < -0.4 is 4.90 Å². The third kappa shape index (κ3) is 5.40. The molecule has 2 aromatic heterocycles. The van der Waals surface area contributed by atoms with Crippen LogP contribution in [0.4, 0.5) is 17.1 Å². The maximum absolute atomic E-state index is 6.20. The zero-order chi connectivity index (χ0) is 35.0. The highest BCUT2D eigenvalue weighted by Crippen LogP contribution is 2.40. The van der Waals surface area contributed by atoms with Gasteiger partial charge >= 0.3 is 0 Å². The minimum Gasteiger partial charge on any atom is -0.456 e. The largest absolute Gasteiger partial charge is 0.456 e. The van der Waals surface area contributed by atoms with E-state index >= 15 is 0 Å². The lowest BCUT2D eigenvalue weighted by Gasteiger charge is -2.26. The topological polar surface area (TPSA) is 21.3 Å². The van der Waals surface area contributed by atoms with Crippen molar-refractivity contribution < 1.29 is 4.42 Å². The van der Waals surface area contributed by atoms with Crippen LogP contribution in [0.2, 0.25) is 0 Å². The van der Waals surface area contributed by atoms with Crippen molar-refractivity contribution in [2.24, 2.45) is 0 Å². The molecule has 0 radical (unpaired) electrons. The molecule has 0 N–H and O–H groups in total. The molecule has 7 aromatic carbocycles. The summed E-state index contributed by atoms with van der Waals surface area (Å²) in [5.41, 5.74) is 13.1. The molecule has 0 unspecified atom stereocenters. The van der Waals surface area contributed by atoms with Gasteiger partial charge in [0.2, 0.25) is 0 Å². The quantitative estimate of drug-likeness (QED) is 0.150. The van der Waals surface area contributed by atoms with E-state index in [1.165, 1.54) is 27.4 Å². The third-order valence-electron chi connectivity index (χ3n) is 9.87. The van der Waals surface area contributed by atoms with Crippen LogP contribution in [0.25, 0.3) is 66.1 Å². The van der Waals surface area contributed by atoms with Crippen molar-refractivity contribution in [2.75, 3.05) is 4.90 Å². The second-order valence-electron chi connectivity index (χ2n) is 13.0. The molecule has 0 amide bonds. The summed E-state index contributed by atoms with van der Waals surface area (Å²) >= 11 is 0. The maximum Gasteiger partial charge on any atom is 0.135 e. The average Bonchev–Trinajstić information content (AvgIpc) is 3.74. The molecule has 0 atom stereocenters. The fourth-order valence-electron chi connectivity index (χ4n) is 7.47. The monoisotopic (exact) mass is 668 g/mol. The van der Waals surface area contributed by atoms with E-state index in [0.29, 0.717) is 0 Å². The number of aromatic nitrogens is 1. The summed E-state index contributed by atoms with van der Waals surface area (Å²) in [6.45, 7) is 5.95. The number of benzene rings is 7. The summed E-state index contributed by atoms with van der Waals surface area (Å²) < 4.78 is 8.57. The van der Waals surface area contributed by atoms with Crippen molar-refractivity contribution in [2.45, 2.75) is 6.92 Å². The Morgan fingerprint density at radius 1 is 0.558 bits per heavy atom. The Kier molecular flexibility index (Phi) is 7.87. The summed E-state index contributed by atoms with van der Waals surface area (Å²) in [5, 5.41) is 4.71. The van der Waals surface area contributed by atoms with Crippen molar-refractivity contribution in [3.63, 3.8) is 0 Å². The van der Waals surface area contributed by atoms with Gasteiger partial charge in [-0.25, -0.2) is 0 Å². The summed E-state index contributed by atoms with van der Waals surface area (Å²) in [6, 6.07) is 58.5. The molecule has 9 aromatic rings. The SMILES string of the molecule is C=C/C=C(\C=C/C)c1ccc(N(c2ccc(-c3ccc4c5ccccc5n(-c5ccccc5)c4c3)cc2)c2ccc3oc4ccccc4c3c2)cc1. The van der Waals surface area contributed by atoms with E-state index in [4.69, 9.17) is 4.42 Å². The van der Waals surface area contributed by atoms with Crippen molar-refractivity contribution in [1.29, 1.82) is 0 Å². The van der Waals surface area contributed by atoms with Gasteiger partial charge in [-0.15, -0.1) is 0 Å². The predicted molar refractivity (Wildman–Crippen MR) is 221 cm³/mol. The summed E-state index contributed by atoms with van der Waals surface area (Å²) in [6.07, 6.45) is 8.04. The maximum atomic E-state index is 6.20. The summed E-state index contributed by atoms with van der Waals surface area (Å²) in [5.74, 6) is 0. The van der Waals surface area contributed by atoms with Gasteiger partial charge in [0, 0.05) is 44.3 Å². The summed E-state index contributed by atoms with van der Waals surface area (Å²) in [4.78, 5) is 2.32. The van der Waals surface area contributed by atoms with E-state index in [0.717, 1.165) is 61.4 Å². The Balaban J connectivity index is 1.15. The molecule has 0 aliphatic carbocycles. The van der Waals surface area contributed by atoms with Crippen LogP contribution in [-0.4, -0.2) is 4.57 Å². The van der Waals surface area contributed by atoms with E-state index in [1.807, 2.05) is 31.2 Å². The van der Waals surface area contributed by atoms with Crippen LogP contribution in [0, 0.1) is 0 Å². The molecule has 0 bridgehead atoms. The van der Waals surface area contributed by atoms with Crippen molar-refractivity contribution >= 4 is 66.4 Å². The van der Waals surface area contributed by atoms with Crippen LogP contribution in [0.1, 0.15) is 12.5 Å². The molecular formula is C49H36N2O. The molecule has 2 heterocycles. The zero-order valence-corrected chi connectivity index (χ0v) is 28.9. The molecule has 0 saturated carbocycles. The molecule has 0 aliphatic heterocycles. The van der Waals surface area contributed by atoms with Crippen LogP contribution in [0.15, 0.2) is 199 Å². The first-order valence-corrected chi connectivity index (χ1v) is 17.7. The number of furan rings is 1. The molecular weight excluding hydrogens is 633 g/mol. The molecule has 0 aliphatic rings. The Bertz CT molecular complexity index is 2800. The lowest BCUT2D eigenvalue weighted by Crippen LogP contribution is -2.09. The van der Waals surface area contributed by atoms with Crippen LogP contribution in [-0.2, 0) is 0 Å². The number of rotatable bonds is 8. The number of allylic oxidation sites excluding steroid dienone is 5. The van der Waals surface area contributed by atoms with Gasteiger partial charge in [0.05, 0.1) is 11.0 Å². The molecule has 52 heavy (non-hydrogen) atoms.